The molecule has 2 fully saturated rings. The van der Waals surface area contributed by atoms with Crippen molar-refractivity contribution in [1.29, 1.82) is 0 Å². The van der Waals surface area contributed by atoms with Crippen LogP contribution in [0, 0.1) is 5.92 Å². The summed E-state index contributed by atoms with van der Waals surface area (Å²) in [6.07, 6.45) is -6.57. The molecule has 12 nitrogen and oxygen atoms in total. The van der Waals surface area contributed by atoms with Crippen LogP contribution in [0.5, 0.6) is 0 Å². The molecule has 1 amide bonds. The van der Waals surface area contributed by atoms with E-state index in [-0.39, 0.29) is 18.1 Å². The van der Waals surface area contributed by atoms with Crippen molar-refractivity contribution < 1.29 is 78.7 Å². The Morgan fingerprint density at radius 2 is 1.30 bits per heavy atom. The second-order valence-corrected chi connectivity index (χ2v) is 9.18. The lowest BCUT2D eigenvalue weighted by Crippen LogP contribution is -2.41. The van der Waals surface area contributed by atoms with Gasteiger partial charge in [-0.15, -0.1) is 0 Å². The Kier molecular flexibility index (Phi) is 14.8. The summed E-state index contributed by atoms with van der Waals surface area (Å²) in [4.78, 5) is 49.7. The van der Waals surface area contributed by atoms with Crippen LogP contribution in [0.1, 0.15) is 18.4 Å². The van der Waals surface area contributed by atoms with E-state index in [2.05, 4.69) is 26.3 Å². The molecule has 0 aliphatic carbocycles. The van der Waals surface area contributed by atoms with E-state index in [4.69, 9.17) is 34.4 Å². The number of hydrogen-bond donors (Lipinski definition) is 4. The summed E-state index contributed by atoms with van der Waals surface area (Å²) in [5.74, 6) is -7.87. The Bertz CT molecular complexity index is 1220. The van der Waals surface area contributed by atoms with Crippen molar-refractivity contribution in [3.63, 3.8) is 0 Å². The minimum atomic E-state index is -5.08. The van der Waals surface area contributed by atoms with Gasteiger partial charge in [0.2, 0.25) is 0 Å². The average Bonchev–Trinajstić information content (AvgIpc) is 3.37. The summed E-state index contributed by atoms with van der Waals surface area (Å²) < 4.78 is 101. The third-order valence-corrected chi connectivity index (χ3v) is 5.71. The summed E-state index contributed by atoms with van der Waals surface area (Å²) in [7, 11) is 0. The maximum absolute atomic E-state index is 12.4. The minimum absolute atomic E-state index is 0.0683. The first-order valence-corrected chi connectivity index (χ1v) is 12.5. The number of hydrogen-bond acceptors (Lipinski definition) is 8. The molecule has 3 atom stereocenters. The number of carboxylic acid groups (broad SMARTS) is 3. The van der Waals surface area contributed by atoms with E-state index in [0.717, 1.165) is 32.5 Å². The number of nitrogens with one attached hydrogen (secondary N) is 1. The van der Waals surface area contributed by atoms with Crippen LogP contribution >= 0.6 is 0 Å². The lowest BCUT2D eigenvalue weighted by Gasteiger charge is -2.33. The number of carbonyl (C=O) groups excluding carboxylic acids is 1. The molecule has 0 saturated carbocycles. The van der Waals surface area contributed by atoms with E-state index in [0.29, 0.717) is 11.6 Å². The number of anilines is 1. The molecule has 0 aromatic carbocycles. The van der Waals surface area contributed by atoms with Crippen molar-refractivity contribution in [2.75, 3.05) is 18.4 Å². The molecule has 0 spiro atoms. The first-order valence-electron chi connectivity index (χ1n) is 12.5. The van der Waals surface area contributed by atoms with Crippen LogP contribution < -0.4 is 5.32 Å². The molecule has 256 valence electrons. The quantitative estimate of drug-likeness (QED) is 0.343. The van der Waals surface area contributed by atoms with Crippen LogP contribution in [0.2, 0.25) is 0 Å². The molecule has 4 N–H and O–H groups in total. The van der Waals surface area contributed by atoms with Crippen LogP contribution in [0.25, 0.3) is 0 Å². The number of fused-ring (bicyclic) bond motifs is 1. The number of piperidine rings is 1. The zero-order valence-electron chi connectivity index (χ0n) is 23.0. The topological polar surface area (TPSA) is 179 Å². The number of pyridine rings is 2. The van der Waals surface area contributed by atoms with Gasteiger partial charge in [0, 0.05) is 31.7 Å². The third-order valence-electron chi connectivity index (χ3n) is 5.71. The number of halogens is 9. The fraction of sp³-hybridized carbons (Fsp3) is 0.440. The van der Waals surface area contributed by atoms with Gasteiger partial charge >= 0.3 is 36.4 Å². The molecular weight excluding hydrogens is 655 g/mol. The Morgan fingerprint density at radius 3 is 1.72 bits per heavy atom. The Labute approximate surface area is 252 Å². The van der Waals surface area contributed by atoms with Gasteiger partial charge in [-0.1, -0.05) is 6.07 Å². The molecule has 0 bridgehead atoms. The zero-order valence-corrected chi connectivity index (χ0v) is 23.0. The summed E-state index contributed by atoms with van der Waals surface area (Å²) in [5.41, 5.74) is 1.92. The molecule has 2 aliphatic heterocycles. The number of rotatable bonds is 4. The fourth-order valence-corrected chi connectivity index (χ4v) is 3.72. The van der Waals surface area contributed by atoms with E-state index in [9.17, 15) is 44.3 Å². The van der Waals surface area contributed by atoms with Crippen molar-refractivity contribution in [3.05, 3.63) is 54.6 Å². The number of nitrogens with zero attached hydrogens (tertiary/aromatic N) is 3. The van der Waals surface area contributed by atoms with Gasteiger partial charge in [-0.25, -0.2) is 14.4 Å². The van der Waals surface area contributed by atoms with E-state index in [1.807, 2.05) is 18.3 Å². The molecular formula is C25H25F9N4O8. The van der Waals surface area contributed by atoms with E-state index in [1.165, 1.54) is 5.56 Å². The molecule has 2 aromatic rings. The van der Waals surface area contributed by atoms with Crippen LogP contribution in [-0.2, 0) is 30.5 Å². The molecule has 0 unspecified atom stereocenters. The molecule has 2 aliphatic rings. The second kappa shape index (κ2) is 17.2. The molecule has 2 aromatic heterocycles. The monoisotopic (exact) mass is 680 g/mol. The highest BCUT2D eigenvalue weighted by atomic mass is 19.4. The zero-order chi connectivity index (χ0) is 35.3. The lowest BCUT2D eigenvalue weighted by atomic mass is 9.91. The summed E-state index contributed by atoms with van der Waals surface area (Å²) in [6.45, 7) is 2.79. The summed E-state index contributed by atoms with van der Waals surface area (Å²) in [5, 5.41) is 24.3. The Hall–Kier alpha value is -4.53. The number of carboxylic acids is 3. The number of ether oxygens (including phenoxy) is 1. The average molecular weight is 680 g/mol. The molecule has 46 heavy (non-hydrogen) atoms. The number of carbonyl (C=O) groups is 4. The first kappa shape index (κ1) is 39.5. The van der Waals surface area contributed by atoms with Crippen LogP contribution in [0.15, 0.2) is 49.1 Å². The molecule has 4 heterocycles. The van der Waals surface area contributed by atoms with Crippen LogP contribution in [-0.4, -0.2) is 97.8 Å². The number of alkyl halides is 9. The largest absolute Gasteiger partial charge is 0.490 e. The highest BCUT2D eigenvalue weighted by Crippen LogP contribution is 2.34. The van der Waals surface area contributed by atoms with Gasteiger partial charge in [0.15, 0.2) is 0 Å². The molecule has 0 radical (unpaired) electrons. The predicted octanol–water partition coefficient (Wildman–Crippen LogP) is 3.99. The molecule has 4 rings (SSSR count). The van der Waals surface area contributed by atoms with E-state index < -0.39 is 36.4 Å². The number of aromatic nitrogens is 2. The Balaban J connectivity index is 0.000000413. The summed E-state index contributed by atoms with van der Waals surface area (Å²) >= 11 is 0. The van der Waals surface area contributed by atoms with Crippen molar-refractivity contribution in [2.45, 2.75) is 50.1 Å². The maximum Gasteiger partial charge on any atom is 0.490 e. The number of aliphatic carboxylic acids is 3. The standard InChI is InChI=1S/C19H22N4O2.3C2HF3O2/c24-19(22-16-4-2-7-21-11-16)17-9-15-5-8-23(13-18(15)25-17)12-14-3-1-6-20-10-14;3*3-2(4,5)1(6)7/h1-4,6-7,10-11,15,17-18H,5,8-9,12-13H2,(H,22,24);3*(H,6,7)/t15-,17+,18-;;;/m0.../s1. The lowest BCUT2D eigenvalue weighted by molar-refractivity contribution is -0.193. The van der Waals surface area contributed by atoms with Gasteiger partial charge < -0.3 is 25.4 Å². The smallest absolute Gasteiger partial charge is 0.475 e. The number of amides is 1. The maximum atomic E-state index is 12.4. The second-order valence-electron chi connectivity index (χ2n) is 9.18. The van der Waals surface area contributed by atoms with Crippen molar-refractivity contribution in [3.8, 4) is 0 Å². The van der Waals surface area contributed by atoms with Gasteiger partial charge in [0.1, 0.15) is 6.10 Å². The van der Waals surface area contributed by atoms with E-state index in [1.54, 1.807) is 24.7 Å². The van der Waals surface area contributed by atoms with Gasteiger partial charge in [-0.3, -0.25) is 19.7 Å². The fourth-order valence-electron chi connectivity index (χ4n) is 3.72. The highest BCUT2D eigenvalue weighted by Gasteiger charge is 2.42. The highest BCUT2D eigenvalue weighted by molar-refractivity contribution is 5.94. The first-order chi connectivity index (χ1) is 21.1. The van der Waals surface area contributed by atoms with Crippen LogP contribution in [0.3, 0.4) is 0 Å². The molecule has 2 saturated heterocycles. The van der Waals surface area contributed by atoms with Gasteiger partial charge in [0.25, 0.3) is 5.91 Å². The molecule has 21 heteroatoms. The third kappa shape index (κ3) is 15.0. The summed E-state index contributed by atoms with van der Waals surface area (Å²) in [6, 6.07) is 7.70. The van der Waals surface area contributed by atoms with Gasteiger partial charge in [-0.05, 0) is 49.1 Å². The van der Waals surface area contributed by atoms with Crippen molar-refractivity contribution in [2.24, 2.45) is 5.92 Å². The SMILES string of the molecule is O=C(Nc1cccnc1)[C@H]1C[C@@H]2CCN(Cc3cccnc3)C[C@@H]2O1.O=C(O)C(F)(F)F.O=C(O)C(F)(F)F.O=C(O)C(F)(F)F. The Morgan fingerprint density at radius 1 is 0.826 bits per heavy atom. The van der Waals surface area contributed by atoms with E-state index >= 15 is 0 Å². The van der Waals surface area contributed by atoms with Crippen molar-refractivity contribution >= 4 is 29.5 Å². The minimum Gasteiger partial charge on any atom is -0.475 e. The predicted molar refractivity (Wildman–Crippen MR) is 135 cm³/mol. The van der Waals surface area contributed by atoms with Crippen molar-refractivity contribution in [1.82, 2.24) is 14.9 Å². The van der Waals surface area contributed by atoms with Gasteiger partial charge in [0.05, 0.1) is 18.0 Å². The normalized spacial score (nSPS) is 19.4. The number of likely N-dealkylation sites (tertiary alicyclic amines) is 1. The van der Waals surface area contributed by atoms with Gasteiger partial charge in [-0.2, -0.15) is 39.5 Å². The van der Waals surface area contributed by atoms with Crippen LogP contribution in [0.4, 0.5) is 45.2 Å².